The lowest BCUT2D eigenvalue weighted by Gasteiger charge is -2.22. The quantitative estimate of drug-likeness (QED) is 0.451. The van der Waals surface area contributed by atoms with Crippen molar-refractivity contribution in [3.63, 3.8) is 0 Å². The van der Waals surface area contributed by atoms with Crippen LogP contribution in [-0.2, 0) is 23.0 Å². The van der Waals surface area contributed by atoms with Gasteiger partial charge in [-0.15, -0.1) is 0 Å². The van der Waals surface area contributed by atoms with Crippen LogP contribution < -0.4 is 14.4 Å². The largest absolute Gasteiger partial charge is 0.492 e. The van der Waals surface area contributed by atoms with Gasteiger partial charge in [0.1, 0.15) is 12.4 Å². The number of hydrogen-bond donors (Lipinski definition) is 1. The molecule has 0 unspecified atom stereocenters. The minimum absolute atomic E-state index is 0.189. The van der Waals surface area contributed by atoms with Crippen molar-refractivity contribution in [1.82, 2.24) is 5.32 Å². The summed E-state index contributed by atoms with van der Waals surface area (Å²) in [4.78, 5) is 12.4. The monoisotopic (exact) mass is 466 g/mol. The predicted molar refractivity (Wildman–Crippen MR) is 132 cm³/mol. The predicted octanol–water partition coefficient (Wildman–Crippen LogP) is 4.33. The van der Waals surface area contributed by atoms with E-state index in [-0.39, 0.29) is 12.5 Å². The van der Waals surface area contributed by atoms with Crippen LogP contribution in [0.2, 0.25) is 0 Å². The molecule has 3 aromatic rings. The van der Waals surface area contributed by atoms with Crippen LogP contribution in [0.3, 0.4) is 0 Å². The van der Waals surface area contributed by atoms with Crippen molar-refractivity contribution in [3.8, 4) is 5.75 Å². The molecule has 0 fully saturated rings. The van der Waals surface area contributed by atoms with Gasteiger partial charge in [0.05, 0.1) is 25.0 Å². The molecule has 1 N–H and O–H groups in total. The zero-order valence-corrected chi connectivity index (χ0v) is 20.1. The summed E-state index contributed by atoms with van der Waals surface area (Å²) in [7, 11) is -3.46. The van der Waals surface area contributed by atoms with Gasteiger partial charge in [-0.3, -0.25) is 9.10 Å². The summed E-state index contributed by atoms with van der Waals surface area (Å²) in [5.41, 5.74) is 4.21. The third-order valence-electron chi connectivity index (χ3n) is 5.25. The van der Waals surface area contributed by atoms with E-state index in [1.807, 2.05) is 43.3 Å². The molecular weight excluding hydrogens is 436 g/mol. The van der Waals surface area contributed by atoms with Crippen molar-refractivity contribution in [3.05, 3.63) is 95.1 Å². The molecule has 0 saturated carbocycles. The molecule has 0 aliphatic rings. The van der Waals surface area contributed by atoms with Crippen molar-refractivity contribution in [2.24, 2.45) is 0 Å². The van der Waals surface area contributed by atoms with Crippen LogP contribution >= 0.6 is 0 Å². The molecule has 33 heavy (non-hydrogen) atoms. The van der Waals surface area contributed by atoms with Gasteiger partial charge in [-0.2, -0.15) is 0 Å². The van der Waals surface area contributed by atoms with Gasteiger partial charge in [0.15, 0.2) is 0 Å². The minimum Gasteiger partial charge on any atom is -0.492 e. The average Bonchev–Trinajstić information content (AvgIpc) is 2.81. The van der Waals surface area contributed by atoms with Crippen LogP contribution in [0.15, 0.2) is 72.8 Å². The second kappa shape index (κ2) is 11.0. The van der Waals surface area contributed by atoms with Crippen LogP contribution in [0.4, 0.5) is 5.69 Å². The highest BCUT2D eigenvalue weighted by atomic mass is 32.2. The highest BCUT2D eigenvalue weighted by molar-refractivity contribution is 7.92. The summed E-state index contributed by atoms with van der Waals surface area (Å²) in [5.74, 6) is 0.569. The van der Waals surface area contributed by atoms with Crippen LogP contribution in [-0.4, -0.2) is 33.7 Å². The number of amides is 1. The molecule has 3 rings (SSSR count). The van der Waals surface area contributed by atoms with Crippen molar-refractivity contribution in [2.45, 2.75) is 26.8 Å². The molecule has 7 heteroatoms. The van der Waals surface area contributed by atoms with E-state index in [2.05, 4.69) is 12.2 Å². The summed E-state index contributed by atoms with van der Waals surface area (Å²) in [6.07, 6.45) is 2.17. The third kappa shape index (κ3) is 7.08. The SMILES string of the molecule is CCc1ccc(OCCNC(=O)c2ccc(CN(c3ccc(C)cc3)S(C)(=O)=O)cc2)cc1. The number of ether oxygens (including phenoxy) is 1. The van der Waals surface area contributed by atoms with E-state index < -0.39 is 10.0 Å². The molecule has 0 radical (unpaired) electrons. The van der Waals surface area contributed by atoms with Crippen LogP contribution in [0, 0.1) is 6.92 Å². The van der Waals surface area contributed by atoms with Gasteiger partial charge in [-0.1, -0.05) is 48.9 Å². The maximum absolute atomic E-state index is 12.4. The molecule has 0 heterocycles. The Hall–Kier alpha value is -3.32. The average molecular weight is 467 g/mol. The molecule has 0 spiro atoms. The maximum atomic E-state index is 12.4. The van der Waals surface area contributed by atoms with E-state index in [0.717, 1.165) is 23.3 Å². The molecule has 3 aromatic carbocycles. The standard InChI is InChI=1S/C26H30N2O4S/c1-4-21-9-15-25(16-10-21)32-18-17-27-26(29)23-11-7-22(8-12-23)19-28(33(3,30)31)24-13-5-20(2)6-14-24/h5-16H,4,17-19H2,1-3H3,(H,27,29). The first-order valence-electron chi connectivity index (χ1n) is 10.9. The third-order valence-corrected chi connectivity index (χ3v) is 6.39. The van der Waals surface area contributed by atoms with Gasteiger partial charge in [0.2, 0.25) is 10.0 Å². The zero-order valence-electron chi connectivity index (χ0n) is 19.2. The molecular formula is C26H30N2O4S. The number of carbonyl (C=O) groups excluding carboxylic acids is 1. The van der Waals surface area contributed by atoms with Gasteiger partial charge >= 0.3 is 0 Å². The fraction of sp³-hybridized carbons (Fsp3) is 0.269. The minimum atomic E-state index is -3.46. The van der Waals surface area contributed by atoms with Crippen LogP contribution in [0.5, 0.6) is 5.75 Å². The molecule has 1 amide bonds. The molecule has 0 aliphatic carbocycles. The summed E-state index contributed by atoms with van der Waals surface area (Å²) in [6, 6.07) is 22.2. The lowest BCUT2D eigenvalue weighted by molar-refractivity contribution is 0.0947. The number of rotatable bonds is 10. The van der Waals surface area contributed by atoms with Gasteiger partial charge in [0, 0.05) is 5.56 Å². The van der Waals surface area contributed by atoms with E-state index in [4.69, 9.17) is 4.74 Å². The van der Waals surface area contributed by atoms with E-state index in [9.17, 15) is 13.2 Å². The molecule has 0 bridgehead atoms. The van der Waals surface area contributed by atoms with Crippen LogP contribution in [0.1, 0.15) is 34.0 Å². The number of nitrogens with zero attached hydrogens (tertiary/aromatic N) is 1. The molecule has 0 aromatic heterocycles. The Bertz CT molecular complexity index is 1160. The van der Waals surface area contributed by atoms with Crippen molar-refractivity contribution in [1.29, 1.82) is 0 Å². The Kier molecular flexibility index (Phi) is 8.11. The van der Waals surface area contributed by atoms with Gasteiger partial charge < -0.3 is 10.1 Å². The smallest absolute Gasteiger partial charge is 0.251 e. The first-order valence-corrected chi connectivity index (χ1v) is 12.7. The Morgan fingerprint density at radius 1 is 0.909 bits per heavy atom. The maximum Gasteiger partial charge on any atom is 0.251 e. The van der Waals surface area contributed by atoms with Crippen LogP contribution in [0.25, 0.3) is 0 Å². The Labute approximate surface area is 196 Å². The van der Waals surface area contributed by atoms with Crippen molar-refractivity contribution >= 4 is 21.6 Å². The van der Waals surface area contributed by atoms with Gasteiger partial charge in [-0.25, -0.2) is 8.42 Å². The Balaban J connectivity index is 1.54. The van der Waals surface area contributed by atoms with Gasteiger partial charge in [-0.05, 0) is 60.9 Å². The molecule has 6 nitrogen and oxygen atoms in total. The summed E-state index contributed by atoms with van der Waals surface area (Å²) >= 11 is 0. The molecule has 174 valence electrons. The summed E-state index contributed by atoms with van der Waals surface area (Å²) in [6.45, 7) is 4.99. The first kappa shape index (κ1) is 24.3. The van der Waals surface area contributed by atoms with Crippen molar-refractivity contribution in [2.75, 3.05) is 23.7 Å². The number of benzene rings is 3. The second-order valence-electron chi connectivity index (χ2n) is 7.90. The zero-order chi connectivity index (χ0) is 23.8. The number of anilines is 1. The lowest BCUT2D eigenvalue weighted by atomic mass is 10.1. The lowest BCUT2D eigenvalue weighted by Crippen LogP contribution is -2.29. The fourth-order valence-corrected chi connectivity index (χ4v) is 4.18. The molecule has 0 aliphatic heterocycles. The normalized spacial score (nSPS) is 11.1. The van der Waals surface area contributed by atoms with E-state index in [1.54, 1.807) is 36.4 Å². The number of hydrogen-bond acceptors (Lipinski definition) is 4. The first-order chi connectivity index (χ1) is 15.8. The highest BCUT2D eigenvalue weighted by Crippen LogP contribution is 2.21. The van der Waals surface area contributed by atoms with Gasteiger partial charge in [0.25, 0.3) is 5.91 Å². The van der Waals surface area contributed by atoms with E-state index >= 15 is 0 Å². The number of carbonyl (C=O) groups is 1. The number of aryl methyl sites for hydroxylation is 2. The highest BCUT2D eigenvalue weighted by Gasteiger charge is 2.18. The topological polar surface area (TPSA) is 75.7 Å². The second-order valence-corrected chi connectivity index (χ2v) is 9.81. The van der Waals surface area contributed by atoms with E-state index in [0.29, 0.717) is 24.4 Å². The van der Waals surface area contributed by atoms with Crippen molar-refractivity contribution < 1.29 is 17.9 Å². The number of nitrogens with one attached hydrogen (secondary N) is 1. The molecule has 0 atom stereocenters. The number of sulfonamides is 1. The summed E-state index contributed by atoms with van der Waals surface area (Å²) < 4.78 is 31.7. The Morgan fingerprint density at radius 2 is 1.52 bits per heavy atom. The van der Waals surface area contributed by atoms with E-state index in [1.165, 1.54) is 16.1 Å². The molecule has 0 saturated heterocycles. The summed E-state index contributed by atoms with van der Waals surface area (Å²) in [5, 5.41) is 2.84. The fourth-order valence-electron chi connectivity index (χ4n) is 3.30. The Morgan fingerprint density at radius 3 is 2.09 bits per heavy atom.